The van der Waals surface area contributed by atoms with Gasteiger partial charge in [-0.15, -0.1) is 0 Å². The Kier molecular flexibility index (Phi) is 55.0. The monoisotopic (exact) mass is 932 g/mol. The van der Waals surface area contributed by atoms with Crippen molar-refractivity contribution in [2.45, 2.75) is 347 Å². The maximum absolute atomic E-state index is 12.5. The lowest BCUT2D eigenvalue weighted by molar-refractivity contribution is -0.143. The normalized spacial score (nSPS) is 12.6. The van der Waals surface area contributed by atoms with Crippen molar-refractivity contribution in [3.8, 4) is 0 Å². The minimum absolute atomic E-state index is 0.0103. The molecule has 1 amide bonds. The van der Waals surface area contributed by atoms with E-state index in [4.69, 9.17) is 4.74 Å². The molecule has 0 aromatic carbocycles. The molecule has 0 aliphatic heterocycles. The number of hydrogen-bond donors (Lipinski definition) is 3. The van der Waals surface area contributed by atoms with Crippen molar-refractivity contribution >= 4 is 11.9 Å². The number of nitrogens with one attached hydrogen (secondary N) is 1. The predicted molar refractivity (Wildman–Crippen MR) is 287 cm³/mol. The summed E-state index contributed by atoms with van der Waals surface area (Å²) in [6, 6.07) is -0.546. The van der Waals surface area contributed by atoms with E-state index in [1.807, 2.05) is 0 Å². The fourth-order valence-electron chi connectivity index (χ4n) is 9.46. The second-order valence-electron chi connectivity index (χ2n) is 20.7. The molecule has 66 heavy (non-hydrogen) atoms. The molecule has 6 nitrogen and oxygen atoms in total. The zero-order valence-corrected chi connectivity index (χ0v) is 44.7. The molecule has 0 aromatic heterocycles. The van der Waals surface area contributed by atoms with Gasteiger partial charge in [-0.05, 0) is 51.4 Å². The van der Waals surface area contributed by atoms with Crippen molar-refractivity contribution < 1.29 is 24.5 Å². The van der Waals surface area contributed by atoms with Gasteiger partial charge in [-0.3, -0.25) is 9.59 Å². The second-order valence-corrected chi connectivity index (χ2v) is 20.7. The molecule has 0 spiro atoms. The van der Waals surface area contributed by atoms with Crippen LogP contribution in [0.4, 0.5) is 0 Å². The highest BCUT2D eigenvalue weighted by atomic mass is 16.5. The van der Waals surface area contributed by atoms with E-state index in [1.54, 1.807) is 0 Å². The first-order valence-corrected chi connectivity index (χ1v) is 29.9. The van der Waals surface area contributed by atoms with E-state index in [0.29, 0.717) is 25.9 Å². The Morgan fingerprint density at radius 1 is 0.409 bits per heavy atom. The summed E-state index contributed by atoms with van der Waals surface area (Å²) >= 11 is 0. The summed E-state index contributed by atoms with van der Waals surface area (Å²) in [6.07, 6.45) is 66.4. The summed E-state index contributed by atoms with van der Waals surface area (Å²) in [7, 11) is 0. The molecule has 6 heteroatoms. The number of carbonyl (C=O) groups excluding carboxylic acids is 2. The van der Waals surface area contributed by atoms with Crippen LogP contribution in [0.15, 0.2) is 12.2 Å². The molecule has 0 saturated heterocycles. The third-order valence-electron chi connectivity index (χ3n) is 14.1. The quantitative estimate of drug-likeness (QED) is 0.0321. The van der Waals surface area contributed by atoms with Gasteiger partial charge >= 0.3 is 5.97 Å². The molecule has 0 rings (SSSR count). The van der Waals surface area contributed by atoms with Gasteiger partial charge in [-0.1, -0.05) is 283 Å². The largest absolute Gasteiger partial charge is 0.466 e. The van der Waals surface area contributed by atoms with Gasteiger partial charge < -0.3 is 20.3 Å². The number of hydrogen-bond acceptors (Lipinski definition) is 5. The van der Waals surface area contributed by atoms with E-state index in [2.05, 4.69) is 31.3 Å². The molecule has 0 fully saturated rings. The highest BCUT2D eigenvalue weighted by Crippen LogP contribution is 2.17. The molecular formula is C60H117NO5. The van der Waals surface area contributed by atoms with Gasteiger partial charge in [0.05, 0.1) is 25.4 Å². The van der Waals surface area contributed by atoms with Gasteiger partial charge in [-0.2, -0.15) is 0 Å². The number of unbranched alkanes of at least 4 members (excludes halogenated alkanes) is 43. The van der Waals surface area contributed by atoms with Crippen LogP contribution < -0.4 is 5.32 Å². The SMILES string of the molecule is CCCCCCCCCCCCCCCCCC(O)C(CO)NC(=O)CCCCCCCCC/C=C\CCCCCCCCCCCCOC(=O)CCCCCCCCCCCCCCC. The summed E-state index contributed by atoms with van der Waals surface area (Å²) in [5.41, 5.74) is 0. The first-order valence-electron chi connectivity index (χ1n) is 29.9. The number of aliphatic hydroxyl groups is 2. The lowest BCUT2D eigenvalue weighted by Crippen LogP contribution is -2.45. The third kappa shape index (κ3) is 52.0. The van der Waals surface area contributed by atoms with Crippen LogP contribution >= 0.6 is 0 Å². The maximum atomic E-state index is 12.5. The summed E-state index contributed by atoms with van der Waals surface area (Å²) in [5.74, 6) is -0.0303. The number of amides is 1. The summed E-state index contributed by atoms with van der Waals surface area (Å²) < 4.78 is 5.47. The fraction of sp³-hybridized carbons (Fsp3) is 0.933. The molecule has 3 N–H and O–H groups in total. The highest BCUT2D eigenvalue weighted by molar-refractivity contribution is 5.76. The van der Waals surface area contributed by atoms with Crippen molar-refractivity contribution in [1.29, 1.82) is 0 Å². The van der Waals surface area contributed by atoms with Crippen LogP contribution in [-0.4, -0.2) is 47.4 Å². The van der Waals surface area contributed by atoms with Gasteiger partial charge in [0.1, 0.15) is 0 Å². The molecule has 392 valence electrons. The van der Waals surface area contributed by atoms with E-state index in [1.165, 1.54) is 263 Å². The van der Waals surface area contributed by atoms with Crippen molar-refractivity contribution in [2.75, 3.05) is 13.2 Å². The molecule has 0 aliphatic rings. The van der Waals surface area contributed by atoms with Crippen LogP contribution in [0.5, 0.6) is 0 Å². The standard InChI is InChI=1S/C60H117NO5/c1-3-5-7-9-11-13-15-17-25-29-32-36-40-44-48-52-58(63)57(56-62)61-59(64)53-49-45-41-37-33-30-26-23-21-19-18-20-22-24-27-31-35-39-43-47-51-55-66-60(65)54-50-46-42-38-34-28-16-14-12-10-8-6-4-2/h19,21,57-58,62-63H,3-18,20,22-56H2,1-2H3,(H,61,64)/b21-19-. The minimum Gasteiger partial charge on any atom is -0.466 e. The summed E-state index contributed by atoms with van der Waals surface area (Å²) in [6.45, 7) is 4.97. The van der Waals surface area contributed by atoms with Crippen molar-refractivity contribution in [3.63, 3.8) is 0 Å². The Bertz CT molecular complexity index is 986. The average molecular weight is 933 g/mol. The molecule has 0 saturated carbocycles. The van der Waals surface area contributed by atoms with E-state index in [9.17, 15) is 19.8 Å². The van der Waals surface area contributed by atoms with Gasteiger partial charge in [0, 0.05) is 12.8 Å². The lowest BCUT2D eigenvalue weighted by atomic mass is 10.0. The Hall–Kier alpha value is -1.40. The number of allylic oxidation sites excluding steroid dienone is 2. The van der Waals surface area contributed by atoms with Gasteiger partial charge in [-0.25, -0.2) is 0 Å². The topological polar surface area (TPSA) is 95.9 Å². The minimum atomic E-state index is -0.668. The smallest absolute Gasteiger partial charge is 0.305 e. The summed E-state index contributed by atoms with van der Waals surface area (Å²) in [4.78, 5) is 24.5. The van der Waals surface area contributed by atoms with Crippen molar-refractivity contribution in [1.82, 2.24) is 5.32 Å². The second kappa shape index (κ2) is 56.2. The molecule has 0 heterocycles. The number of aliphatic hydroxyl groups excluding tert-OH is 2. The summed E-state index contributed by atoms with van der Waals surface area (Å²) in [5, 5.41) is 23.3. The van der Waals surface area contributed by atoms with Crippen LogP contribution in [0.2, 0.25) is 0 Å². The van der Waals surface area contributed by atoms with Gasteiger partial charge in [0.2, 0.25) is 5.91 Å². The molecule has 0 aromatic rings. The number of rotatable bonds is 56. The van der Waals surface area contributed by atoms with Crippen LogP contribution in [0.25, 0.3) is 0 Å². The van der Waals surface area contributed by atoms with E-state index in [-0.39, 0.29) is 18.5 Å². The zero-order valence-electron chi connectivity index (χ0n) is 44.7. The Morgan fingerprint density at radius 3 is 1.08 bits per heavy atom. The number of esters is 1. The van der Waals surface area contributed by atoms with E-state index < -0.39 is 12.1 Å². The van der Waals surface area contributed by atoms with E-state index in [0.717, 1.165) is 38.5 Å². The molecule has 2 atom stereocenters. The predicted octanol–water partition coefficient (Wildman–Crippen LogP) is 18.5. The first-order chi connectivity index (χ1) is 32.5. The zero-order chi connectivity index (χ0) is 47.9. The van der Waals surface area contributed by atoms with Crippen LogP contribution in [0.3, 0.4) is 0 Å². The lowest BCUT2D eigenvalue weighted by Gasteiger charge is -2.22. The first kappa shape index (κ1) is 64.6. The van der Waals surface area contributed by atoms with Crippen LogP contribution in [-0.2, 0) is 14.3 Å². The average Bonchev–Trinajstić information content (AvgIpc) is 3.32. The molecule has 0 aliphatic carbocycles. The maximum Gasteiger partial charge on any atom is 0.305 e. The van der Waals surface area contributed by atoms with E-state index >= 15 is 0 Å². The Balaban J connectivity index is 3.41. The third-order valence-corrected chi connectivity index (χ3v) is 14.1. The Labute approximate surface area is 412 Å². The molecule has 0 radical (unpaired) electrons. The van der Waals surface area contributed by atoms with Gasteiger partial charge in [0.15, 0.2) is 0 Å². The van der Waals surface area contributed by atoms with Crippen LogP contribution in [0.1, 0.15) is 335 Å². The van der Waals surface area contributed by atoms with Gasteiger partial charge in [0.25, 0.3) is 0 Å². The molecule has 2 unspecified atom stereocenters. The van der Waals surface area contributed by atoms with Crippen molar-refractivity contribution in [3.05, 3.63) is 12.2 Å². The van der Waals surface area contributed by atoms with Crippen LogP contribution in [0, 0.1) is 0 Å². The number of ether oxygens (including phenoxy) is 1. The highest BCUT2D eigenvalue weighted by Gasteiger charge is 2.20. The van der Waals surface area contributed by atoms with Crippen molar-refractivity contribution in [2.24, 2.45) is 0 Å². The molecule has 0 bridgehead atoms. The Morgan fingerprint density at radius 2 is 0.712 bits per heavy atom. The molecular weight excluding hydrogens is 815 g/mol. The number of carbonyl (C=O) groups is 2. The fourth-order valence-corrected chi connectivity index (χ4v) is 9.46.